The molecule has 0 saturated carbocycles. The number of carbonyl (C=O) groups excluding carboxylic acids is 2. The molecule has 3 rings (SSSR count). The molecule has 0 bridgehead atoms. The van der Waals surface area contributed by atoms with Crippen molar-refractivity contribution in [1.29, 1.82) is 0 Å². The van der Waals surface area contributed by atoms with Gasteiger partial charge in [-0.25, -0.2) is 4.79 Å². The molecular formula is C19H18INO5. The van der Waals surface area contributed by atoms with E-state index in [4.69, 9.17) is 14.2 Å². The highest BCUT2D eigenvalue weighted by Crippen LogP contribution is 2.30. The average molecular weight is 467 g/mol. The molecule has 0 fully saturated rings. The largest absolute Gasteiger partial charge is 0.486 e. The zero-order chi connectivity index (χ0) is 18.4. The van der Waals surface area contributed by atoms with Crippen LogP contribution in [-0.2, 0) is 16.0 Å². The highest BCUT2D eigenvalue weighted by molar-refractivity contribution is 14.1. The van der Waals surface area contributed by atoms with Crippen molar-refractivity contribution in [3.8, 4) is 11.5 Å². The standard InChI is InChI=1S/C19H18INO5/c20-15-3-1-2-14(11-15)19(23)26-12-18(22)21-7-6-13-4-5-16-17(10-13)25-9-8-24-16/h1-5,10-11H,6-9,12H2,(H,21,22). The number of esters is 1. The SMILES string of the molecule is O=C(COC(=O)c1cccc(I)c1)NCCc1ccc2c(c1)OCCO2. The number of ether oxygens (including phenoxy) is 3. The summed E-state index contributed by atoms with van der Waals surface area (Å²) >= 11 is 2.11. The van der Waals surface area contributed by atoms with E-state index in [1.807, 2.05) is 24.3 Å². The highest BCUT2D eigenvalue weighted by Gasteiger charge is 2.12. The second-order valence-electron chi connectivity index (χ2n) is 5.66. The molecule has 26 heavy (non-hydrogen) atoms. The predicted molar refractivity (Wildman–Crippen MR) is 104 cm³/mol. The van der Waals surface area contributed by atoms with Gasteiger partial charge in [-0.1, -0.05) is 12.1 Å². The van der Waals surface area contributed by atoms with Gasteiger partial charge in [0.2, 0.25) is 0 Å². The van der Waals surface area contributed by atoms with Gasteiger partial charge < -0.3 is 19.5 Å². The fourth-order valence-corrected chi connectivity index (χ4v) is 3.01. The number of benzene rings is 2. The fourth-order valence-electron chi connectivity index (χ4n) is 2.47. The molecule has 0 aromatic heterocycles. The predicted octanol–water partition coefficient (Wildman–Crippen LogP) is 2.58. The summed E-state index contributed by atoms with van der Waals surface area (Å²) < 4.78 is 17.0. The molecule has 0 saturated heterocycles. The van der Waals surface area contributed by atoms with E-state index in [1.54, 1.807) is 18.2 Å². The molecule has 2 aromatic rings. The number of nitrogens with one attached hydrogen (secondary N) is 1. The molecule has 1 heterocycles. The third kappa shape index (κ3) is 5.10. The van der Waals surface area contributed by atoms with Crippen LogP contribution in [0.2, 0.25) is 0 Å². The Morgan fingerprint density at radius 2 is 1.88 bits per heavy atom. The zero-order valence-corrected chi connectivity index (χ0v) is 16.2. The average Bonchev–Trinajstić information content (AvgIpc) is 2.66. The highest BCUT2D eigenvalue weighted by atomic mass is 127. The third-order valence-corrected chi connectivity index (χ3v) is 4.41. The third-order valence-electron chi connectivity index (χ3n) is 3.74. The number of halogens is 1. The van der Waals surface area contributed by atoms with Crippen LogP contribution in [0.4, 0.5) is 0 Å². The van der Waals surface area contributed by atoms with E-state index in [0.29, 0.717) is 31.7 Å². The number of rotatable bonds is 6. The van der Waals surface area contributed by atoms with E-state index < -0.39 is 5.97 Å². The minimum Gasteiger partial charge on any atom is -0.486 e. The Labute approximate surface area is 165 Å². The van der Waals surface area contributed by atoms with Gasteiger partial charge in [-0.05, 0) is 64.9 Å². The molecular weight excluding hydrogens is 449 g/mol. The molecule has 0 atom stereocenters. The second-order valence-corrected chi connectivity index (χ2v) is 6.91. The normalized spacial score (nSPS) is 12.3. The van der Waals surface area contributed by atoms with Crippen LogP contribution in [0, 0.1) is 3.57 Å². The van der Waals surface area contributed by atoms with E-state index >= 15 is 0 Å². The molecule has 6 nitrogen and oxygen atoms in total. The van der Waals surface area contributed by atoms with Crippen molar-refractivity contribution in [2.75, 3.05) is 26.4 Å². The number of hydrogen-bond donors (Lipinski definition) is 1. The first-order valence-electron chi connectivity index (χ1n) is 8.20. The minimum atomic E-state index is -0.509. The maximum absolute atomic E-state index is 11.9. The minimum absolute atomic E-state index is 0.300. The van der Waals surface area contributed by atoms with Crippen LogP contribution >= 0.6 is 22.6 Å². The fraction of sp³-hybridized carbons (Fsp3) is 0.263. The van der Waals surface area contributed by atoms with Crippen molar-refractivity contribution in [2.45, 2.75) is 6.42 Å². The Morgan fingerprint density at radius 1 is 1.08 bits per heavy atom. The van der Waals surface area contributed by atoms with E-state index in [-0.39, 0.29) is 12.5 Å². The van der Waals surface area contributed by atoms with E-state index in [2.05, 4.69) is 27.9 Å². The van der Waals surface area contributed by atoms with Crippen LogP contribution in [0.15, 0.2) is 42.5 Å². The molecule has 1 N–H and O–H groups in total. The van der Waals surface area contributed by atoms with E-state index in [1.165, 1.54) is 0 Å². The molecule has 7 heteroatoms. The smallest absolute Gasteiger partial charge is 0.338 e. The van der Waals surface area contributed by atoms with E-state index in [0.717, 1.165) is 20.6 Å². The first-order valence-corrected chi connectivity index (χ1v) is 9.27. The van der Waals surface area contributed by atoms with Crippen LogP contribution in [-0.4, -0.2) is 38.2 Å². The number of carbonyl (C=O) groups is 2. The lowest BCUT2D eigenvalue weighted by molar-refractivity contribution is -0.124. The molecule has 0 aliphatic carbocycles. The summed E-state index contributed by atoms with van der Waals surface area (Å²) in [5.74, 6) is 0.630. The molecule has 1 aliphatic rings. The molecule has 136 valence electrons. The summed E-state index contributed by atoms with van der Waals surface area (Å²) in [7, 11) is 0. The zero-order valence-electron chi connectivity index (χ0n) is 14.0. The Morgan fingerprint density at radius 3 is 2.69 bits per heavy atom. The monoisotopic (exact) mass is 467 g/mol. The van der Waals surface area contributed by atoms with Gasteiger partial charge in [0.25, 0.3) is 5.91 Å². The quantitative estimate of drug-likeness (QED) is 0.523. The molecule has 1 aliphatic heterocycles. The summed E-state index contributed by atoms with van der Waals surface area (Å²) in [6.07, 6.45) is 0.646. The lowest BCUT2D eigenvalue weighted by Gasteiger charge is -2.18. The maximum atomic E-state index is 11.9. The summed E-state index contributed by atoms with van der Waals surface area (Å²) in [5.41, 5.74) is 1.46. The van der Waals surface area contributed by atoms with Gasteiger partial charge in [-0.15, -0.1) is 0 Å². The van der Waals surface area contributed by atoms with Gasteiger partial charge in [0.05, 0.1) is 5.56 Å². The molecule has 1 amide bonds. The Hall–Kier alpha value is -2.29. The van der Waals surface area contributed by atoms with Gasteiger partial charge in [0.15, 0.2) is 18.1 Å². The summed E-state index contributed by atoms with van der Waals surface area (Å²) in [4.78, 5) is 23.7. The lowest BCUT2D eigenvalue weighted by atomic mass is 10.1. The Balaban J connectivity index is 1.41. The van der Waals surface area contributed by atoms with Crippen LogP contribution in [0.1, 0.15) is 15.9 Å². The molecule has 2 aromatic carbocycles. The van der Waals surface area contributed by atoms with Crippen molar-refractivity contribution < 1.29 is 23.8 Å². The van der Waals surface area contributed by atoms with Crippen molar-refractivity contribution in [3.63, 3.8) is 0 Å². The topological polar surface area (TPSA) is 73.9 Å². The van der Waals surface area contributed by atoms with Crippen LogP contribution in [0.5, 0.6) is 11.5 Å². The maximum Gasteiger partial charge on any atom is 0.338 e. The van der Waals surface area contributed by atoms with Crippen molar-refractivity contribution in [1.82, 2.24) is 5.32 Å². The number of amides is 1. The number of hydrogen-bond acceptors (Lipinski definition) is 5. The molecule has 0 radical (unpaired) electrons. The lowest BCUT2D eigenvalue weighted by Crippen LogP contribution is -2.30. The second kappa shape index (κ2) is 8.88. The number of fused-ring (bicyclic) bond motifs is 1. The van der Waals surface area contributed by atoms with Crippen LogP contribution in [0.25, 0.3) is 0 Å². The first kappa shape index (κ1) is 18.5. The van der Waals surface area contributed by atoms with Gasteiger partial charge >= 0.3 is 5.97 Å². The van der Waals surface area contributed by atoms with Crippen molar-refractivity contribution >= 4 is 34.5 Å². The first-order chi connectivity index (χ1) is 12.6. The Kier molecular flexibility index (Phi) is 6.32. The summed E-state index contributed by atoms with van der Waals surface area (Å²) in [5, 5.41) is 2.74. The molecule has 0 unspecified atom stereocenters. The van der Waals surface area contributed by atoms with E-state index in [9.17, 15) is 9.59 Å². The van der Waals surface area contributed by atoms with Gasteiger partial charge in [-0.3, -0.25) is 4.79 Å². The summed E-state index contributed by atoms with van der Waals surface area (Å²) in [6, 6.07) is 12.7. The molecule has 0 spiro atoms. The van der Waals surface area contributed by atoms with Gasteiger partial charge in [-0.2, -0.15) is 0 Å². The summed E-state index contributed by atoms with van der Waals surface area (Å²) in [6.45, 7) is 1.24. The van der Waals surface area contributed by atoms with Crippen LogP contribution in [0.3, 0.4) is 0 Å². The van der Waals surface area contributed by atoms with Gasteiger partial charge in [0.1, 0.15) is 13.2 Å². The van der Waals surface area contributed by atoms with Gasteiger partial charge in [0, 0.05) is 10.1 Å². The Bertz CT molecular complexity index is 808. The van der Waals surface area contributed by atoms with Crippen LogP contribution < -0.4 is 14.8 Å². The van der Waals surface area contributed by atoms with Crippen molar-refractivity contribution in [3.05, 3.63) is 57.2 Å². The van der Waals surface area contributed by atoms with Crippen molar-refractivity contribution in [2.24, 2.45) is 0 Å².